The summed E-state index contributed by atoms with van der Waals surface area (Å²) in [4.78, 5) is 10.8. The Morgan fingerprint density at radius 1 is 0.581 bits per heavy atom. The molecule has 0 aliphatic heterocycles. The molecular weight excluding hydrogens is 378 g/mol. The number of aldehydes is 1. The first-order valence-electron chi connectivity index (χ1n) is 10.2. The van der Waals surface area contributed by atoms with Crippen molar-refractivity contribution in [3.8, 4) is 0 Å². The topological polar surface area (TPSA) is 29.1 Å². The number of carbonyl (C=O) groups is 1. The van der Waals surface area contributed by atoms with Crippen molar-refractivity contribution in [1.29, 1.82) is 0 Å². The van der Waals surface area contributed by atoms with Crippen molar-refractivity contribution in [2.24, 2.45) is 0 Å². The van der Waals surface area contributed by atoms with Crippen molar-refractivity contribution >= 4 is 29.3 Å². The molecule has 150 valence electrons. The van der Waals surface area contributed by atoms with Crippen molar-refractivity contribution < 1.29 is 4.79 Å². The van der Waals surface area contributed by atoms with Crippen LogP contribution in [0, 0.1) is 0 Å². The minimum Gasteiger partial charge on any atom is -0.356 e. The van der Waals surface area contributed by atoms with Gasteiger partial charge in [0.15, 0.2) is 0 Å². The molecule has 4 aromatic carbocycles. The average molecular weight is 402 g/mol. The van der Waals surface area contributed by atoms with Gasteiger partial charge in [0.1, 0.15) is 6.29 Å². The molecule has 0 aliphatic rings. The lowest BCUT2D eigenvalue weighted by atomic mass is 9.97. The predicted molar refractivity (Wildman–Crippen MR) is 131 cm³/mol. The van der Waals surface area contributed by atoms with Crippen molar-refractivity contribution in [1.82, 2.24) is 0 Å². The standard InChI is InChI=1S/C29H23NO/c31-22-24-16-20-28(21-17-24)30-27-18-14-23(15-19-27)8-7-13-29(25-9-3-1-4-10-25)26-11-5-2-6-12-26/h1-22,30H/b8-7+. The average Bonchev–Trinajstić information content (AvgIpc) is 2.84. The van der Waals surface area contributed by atoms with Crippen LogP contribution in [0.15, 0.2) is 121 Å². The zero-order valence-electron chi connectivity index (χ0n) is 17.1. The van der Waals surface area contributed by atoms with E-state index >= 15 is 0 Å². The van der Waals surface area contributed by atoms with E-state index in [-0.39, 0.29) is 0 Å². The maximum atomic E-state index is 10.8. The van der Waals surface area contributed by atoms with E-state index in [2.05, 4.69) is 84.2 Å². The van der Waals surface area contributed by atoms with Crippen LogP contribution in [0.25, 0.3) is 11.6 Å². The third-order valence-electron chi connectivity index (χ3n) is 4.97. The molecule has 4 rings (SSSR count). The molecule has 0 amide bonds. The van der Waals surface area contributed by atoms with E-state index in [1.807, 2.05) is 36.4 Å². The second kappa shape index (κ2) is 10.0. The summed E-state index contributed by atoms with van der Waals surface area (Å²) < 4.78 is 0. The first kappa shape index (κ1) is 20.1. The van der Waals surface area contributed by atoms with E-state index in [1.165, 1.54) is 16.7 Å². The van der Waals surface area contributed by atoms with Crippen LogP contribution in [0.5, 0.6) is 0 Å². The maximum Gasteiger partial charge on any atom is 0.150 e. The zero-order chi connectivity index (χ0) is 21.3. The molecule has 2 nitrogen and oxygen atoms in total. The third kappa shape index (κ3) is 5.46. The van der Waals surface area contributed by atoms with Gasteiger partial charge in [0, 0.05) is 16.9 Å². The number of rotatable bonds is 7. The number of hydrogen-bond donors (Lipinski definition) is 1. The number of allylic oxidation sites excluding steroid dienone is 2. The molecule has 1 N–H and O–H groups in total. The lowest BCUT2D eigenvalue weighted by Crippen LogP contribution is -1.90. The lowest BCUT2D eigenvalue weighted by Gasteiger charge is -2.08. The van der Waals surface area contributed by atoms with E-state index in [4.69, 9.17) is 0 Å². The fraction of sp³-hybridized carbons (Fsp3) is 0. The van der Waals surface area contributed by atoms with E-state index in [0.29, 0.717) is 5.56 Å². The molecular formula is C29H23NO. The van der Waals surface area contributed by atoms with Crippen LogP contribution in [0.3, 0.4) is 0 Å². The Morgan fingerprint density at radius 2 is 1.06 bits per heavy atom. The summed E-state index contributed by atoms with van der Waals surface area (Å²) in [6.07, 6.45) is 7.20. The van der Waals surface area contributed by atoms with Gasteiger partial charge in [-0.3, -0.25) is 4.79 Å². The van der Waals surface area contributed by atoms with Gasteiger partial charge in [-0.2, -0.15) is 0 Å². The van der Waals surface area contributed by atoms with Crippen molar-refractivity contribution in [3.63, 3.8) is 0 Å². The van der Waals surface area contributed by atoms with E-state index in [9.17, 15) is 4.79 Å². The van der Waals surface area contributed by atoms with Gasteiger partial charge in [-0.1, -0.05) is 91.0 Å². The summed E-state index contributed by atoms with van der Waals surface area (Å²) in [5.41, 5.74) is 7.32. The van der Waals surface area contributed by atoms with Crippen LogP contribution >= 0.6 is 0 Å². The Bertz CT molecular complexity index is 1130. The largest absolute Gasteiger partial charge is 0.356 e. The second-order valence-corrected chi connectivity index (χ2v) is 7.16. The Kier molecular flexibility index (Phi) is 6.51. The monoisotopic (exact) mass is 401 g/mol. The highest BCUT2D eigenvalue weighted by Gasteiger charge is 2.02. The van der Waals surface area contributed by atoms with Crippen LogP contribution in [0.4, 0.5) is 11.4 Å². The number of anilines is 2. The first-order valence-corrected chi connectivity index (χ1v) is 10.2. The first-order chi connectivity index (χ1) is 15.3. The van der Waals surface area contributed by atoms with E-state index in [1.54, 1.807) is 12.1 Å². The summed E-state index contributed by atoms with van der Waals surface area (Å²) in [5, 5.41) is 3.35. The quantitative estimate of drug-likeness (QED) is 0.258. The Balaban J connectivity index is 1.50. The Labute approximate surface area is 183 Å². The normalized spacial score (nSPS) is 10.6. The Morgan fingerprint density at radius 3 is 1.55 bits per heavy atom. The van der Waals surface area contributed by atoms with Gasteiger partial charge in [0.05, 0.1) is 0 Å². The van der Waals surface area contributed by atoms with Crippen molar-refractivity contribution in [2.45, 2.75) is 0 Å². The van der Waals surface area contributed by atoms with Crippen molar-refractivity contribution in [2.75, 3.05) is 5.32 Å². The molecule has 0 bridgehead atoms. The maximum absolute atomic E-state index is 10.8. The molecule has 0 spiro atoms. The zero-order valence-corrected chi connectivity index (χ0v) is 17.1. The number of hydrogen-bond acceptors (Lipinski definition) is 2. The molecule has 0 fully saturated rings. The van der Waals surface area contributed by atoms with E-state index in [0.717, 1.165) is 23.2 Å². The summed E-state index contributed by atoms with van der Waals surface area (Å²) >= 11 is 0. The highest BCUT2D eigenvalue weighted by atomic mass is 16.1. The van der Waals surface area contributed by atoms with Gasteiger partial charge < -0.3 is 5.32 Å². The third-order valence-corrected chi connectivity index (χ3v) is 4.97. The molecule has 0 aromatic heterocycles. The summed E-state index contributed by atoms with van der Waals surface area (Å²) in [5.74, 6) is 0. The van der Waals surface area contributed by atoms with Gasteiger partial charge >= 0.3 is 0 Å². The molecule has 0 atom stereocenters. The Hall–Kier alpha value is -4.17. The van der Waals surface area contributed by atoms with E-state index < -0.39 is 0 Å². The molecule has 0 unspecified atom stereocenters. The number of benzene rings is 4. The van der Waals surface area contributed by atoms with Crippen LogP contribution in [0.1, 0.15) is 27.0 Å². The molecule has 0 saturated carbocycles. The molecule has 0 saturated heterocycles. The van der Waals surface area contributed by atoms with Gasteiger partial charge in [-0.05, 0) is 58.7 Å². The van der Waals surface area contributed by atoms with Gasteiger partial charge in [0.25, 0.3) is 0 Å². The van der Waals surface area contributed by atoms with Crippen LogP contribution in [-0.4, -0.2) is 6.29 Å². The molecule has 2 heteroatoms. The smallest absolute Gasteiger partial charge is 0.150 e. The highest BCUT2D eigenvalue weighted by molar-refractivity contribution is 5.81. The predicted octanol–water partition coefficient (Wildman–Crippen LogP) is 7.39. The van der Waals surface area contributed by atoms with Gasteiger partial charge in [-0.25, -0.2) is 0 Å². The minimum atomic E-state index is 0.671. The van der Waals surface area contributed by atoms with Crippen LogP contribution in [0.2, 0.25) is 0 Å². The highest BCUT2D eigenvalue weighted by Crippen LogP contribution is 2.24. The van der Waals surface area contributed by atoms with Crippen LogP contribution in [-0.2, 0) is 0 Å². The number of nitrogens with one attached hydrogen (secondary N) is 1. The summed E-state index contributed by atoms with van der Waals surface area (Å²) in [7, 11) is 0. The van der Waals surface area contributed by atoms with Gasteiger partial charge in [0.2, 0.25) is 0 Å². The molecule has 0 heterocycles. The molecule has 4 aromatic rings. The molecule has 0 aliphatic carbocycles. The summed E-state index contributed by atoms with van der Waals surface area (Å²) in [6.45, 7) is 0. The van der Waals surface area contributed by atoms with Crippen LogP contribution < -0.4 is 5.32 Å². The fourth-order valence-corrected chi connectivity index (χ4v) is 3.34. The molecule has 31 heavy (non-hydrogen) atoms. The summed E-state index contributed by atoms with van der Waals surface area (Å²) in [6, 6.07) is 36.5. The number of carbonyl (C=O) groups excluding carboxylic acids is 1. The van der Waals surface area contributed by atoms with Gasteiger partial charge in [-0.15, -0.1) is 0 Å². The minimum absolute atomic E-state index is 0.671. The fourth-order valence-electron chi connectivity index (χ4n) is 3.34. The molecule has 0 radical (unpaired) electrons. The van der Waals surface area contributed by atoms with Crippen molar-refractivity contribution in [3.05, 3.63) is 144 Å². The lowest BCUT2D eigenvalue weighted by molar-refractivity contribution is 0.112. The SMILES string of the molecule is O=Cc1ccc(Nc2ccc(/C=C/C=C(c3ccccc3)c3ccccc3)cc2)cc1. The second-order valence-electron chi connectivity index (χ2n) is 7.16.